The van der Waals surface area contributed by atoms with Crippen LogP contribution < -0.4 is 0 Å². The summed E-state index contributed by atoms with van der Waals surface area (Å²) in [7, 11) is 0. The van der Waals surface area contributed by atoms with E-state index in [9.17, 15) is 4.79 Å². The number of rotatable bonds is 4. The molecular weight excluding hydrogens is 242 g/mol. The van der Waals surface area contributed by atoms with E-state index in [1.165, 1.54) is 12.5 Å². The Morgan fingerprint density at radius 1 is 1.37 bits per heavy atom. The fraction of sp³-hybridized carbons (Fsp3) is 0.600. The Morgan fingerprint density at radius 2 is 2.16 bits per heavy atom. The van der Waals surface area contributed by atoms with Crippen molar-refractivity contribution in [1.82, 2.24) is 4.98 Å². The third-order valence-electron chi connectivity index (χ3n) is 4.04. The molecule has 1 aliphatic rings. The Kier molecular flexibility index (Phi) is 4.53. The first-order valence-corrected chi connectivity index (χ1v) is 6.87. The highest BCUT2D eigenvalue weighted by molar-refractivity contribution is 5.85. The fourth-order valence-corrected chi connectivity index (χ4v) is 2.53. The van der Waals surface area contributed by atoms with E-state index in [-0.39, 0.29) is 11.8 Å². The molecule has 3 unspecified atom stereocenters. The van der Waals surface area contributed by atoms with Crippen molar-refractivity contribution < 1.29 is 14.6 Å². The lowest BCUT2D eigenvalue weighted by Gasteiger charge is -2.31. The largest absolute Gasteiger partial charge is 0.477 e. The highest BCUT2D eigenvalue weighted by Crippen LogP contribution is 2.31. The minimum Gasteiger partial charge on any atom is -0.477 e. The molecule has 1 aromatic heterocycles. The van der Waals surface area contributed by atoms with Crippen molar-refractivity contribution in [3.05, 3.63) is 29.6 Å². The summed E-state index contributed by atoms with van der Waals surface area (Å²) in [6.07, 6.45) is 3.65. The standard InChI is InChI=1S/C15H21NO3/c1-10-6-7-13(8-11(10)2)19-9-12-4-3-5-14(16-12)15(17)18/h3-5,10-11,13H,6-9H2,1-2H3,(H,17,18). The van der Waals surface area contributed by atoms with Gasteiger partial charge in [0.15, 0.2) is 0 Å². The van der Waals surface area contributed by atoms with Crippen LogP contribution in [0.2, 0.25) is 0 Å². The van der Waals surface area contributed by atoms with Crippen LogP contribution in [0.5, 0.6) is 0 Å². The fourth-order valence-electron chi connectivity index (χ4n) is 2.53. The molecule has 104 valence electrons. The second-order valence-electron chi connectivity index (χ2n) is 5.52. The van der Waals surface area contributed by atoms with Gasteiger partial charge in [-0.3, -0.25) is 0 Å². The Bertz CT molecular complexity index is 447. The summed E-state index contributed by atoms with van der Waals surface area (Å²) in [5.41, 5.74) is 0.762. The summed E-state index contributed by atoms with van der Waals surface area (Å²) < 4.78 is 5.87. The molecule has 4 nitrogen and oxygen atoms in total. The van der Waals surface area contributed by atoms with Gasteiger partial charge in [0.05, 0.1) is 18.4 Å². The lowest BCUT2D eigenvalue weighted by molar-refractivity contribution is -0.00881. The first-order chi connectivity index (χ1) is 9.06. The van der Waals surface area contributed by atoms with E-state index in [1.807, 2.05) is 0 Å². The van der Waals surface area contributed by atoms with Gasteiger partial charge in [-0.05, 0) is 43.2 Å². The number of carbonyl (C=O) groups is 1. The molecule has 4 heteroatoms. The third kappa shape index (κ3) is 3.77. The Hall–Kier alpha value is -1.42. The van der Waals surface area contributed by atoms with Crippen LogP contribution in [0.15, 0.2) is 18.2 Å². The van der Waals surface area contributed by atoms with Crippen LogP contribution in [0.1, 0.15) is 49.3 Å². The zero-order valence-electron chi connectivity index (χ0n) is 11.5. The number of pyridine rings is 1. The summed E-state index contributed by atoms with van der Waals surface area (Å²) in [5, 5.41) is 8.89. The van der Waals surface area contributed by atoms with E-state index in [0.29, 0.717) is 18.2 Å². The molecule has 0 aromatic carbocycles. The minimum atomic E-state index is -0.998. The van der Waals surface area contributed by atoms with Crippen LogP contribution in [-0.2, 0) is 11.3 Å². The average molecular weight is 263 g/mol. The van der Waals surface area contributed by atoms with E-state index >= 15 is 0 Å². The molecule has 0 aliphatic heterocycles. The predicted octanol–water partition coefficient (Wildman–Crippen LogP) is 3.12. The van der Waals surface area contributed by atoms with Crippen LogP contribution in [0.25, 0.3) is 0 Å². The van der Waals surface area contributed by atoms with Gasteiger partial charge in [-0.2, -0.15) is 0 Å². The van der Waals surface area contributed by atoms with Crippen LogP contribution in [-0.4, -0.2) is 22.2 Å². The van der Waals surface area contributed by atoms with Crippen LogP contribution >= 0.6 is 0 Å². The van der Waals surface area contributed by atoms with Crippen molar-refractivity contribution in [2.24, 2.45) is 11.8 Å². The molecule has 0 amide bonds. The van der Waals surface area contributed by atoms with Gasteiger partial charge in [-0.25, -0.2) is 9.78 Å². The van der Waals surface area contributed by atoms with E-state index in [1.54, 1.807) is 12.1 Å². The molecule has 0 spiro atoms. The second-order valence-corrected chi connectivity index (χ2v) is 5.52. The molecule has 1 fully saturated rings. The minimum absolute atomic E-state index is 0.0757. The SMILES string of the molecule is CC1CCC(OCc2cccc(C(=O)O)n2)CC1C. The number of carboxylic acid groups (broad SMARTS) is 1. The molecule has 0 radical (unpaired) electrons. The van der Waals surface area contributed by atoms with Crippen molar-refractivity contribution >= 4 is 5.97 Å². The van der Waals surface area contributed by atoms with Gasteiger partial charge in [-0.1, -0.05) is 19.9 Å². The van der Waals surface area contributed by atoms with Gasteiger partial charge >= 0.3 is 5.97 Å². The molecule has 1 aromatic rings. The summed E-state index contributed by atoms with van der Waals surface area (Å²) in [4.78, 5) is 14.9. The normalized spacial score (nSPS) is 27.2. The van der Waals surface area contributed by atoms with Crippen molar-refractivity contribution in [3.63, 3.8) is 0 Å². The summed E-state index contributed by atoms with van der Waals surface area (Å²) in [6, 6.07) is 5.01. The number of nitrogens with zero attached hydrogens (tertiary/aromatic N) is 1. The lowest BCUT2D eigenvalue weighted by Crippen LogP contribution is -2.26. The topological polar surface area (TPSA) is 59.4 Å². The molecule has 1 aliphatic carbocycles. The molecular formula is C15H21NO3. The second kappa shape index (κ2) is 6.15. The Labute approximate surface area is 113 Å². The van der Waals surface area contributed by atoms with Crippen molar-refractivity contribution in [3.8, 4) is 0 Å². The number of ether oxygens (including phenoxy) is 1. The molecule has 0 bridgehead atoms. The van der Waals surface area contributed by atoms with E-state index in [4.69, 9.17) is 9.84 Å². The monoisotopic (exact) mass is 263 g/mol. The zero-order valence-corrected chi connectivity index (χ0v) is 11.5. The number of hydrogen-bond acceptors (Lipinski definition) is 3. The van der Waals surface area contributed by atoms with Gasteiger partial charge in [0.1, 0.15) is 5.69 Å². The lowest BCUT2D eigenvalue weighted by atomic mass is 9.80. The number of hydrogen-bond donors (Lipinski definition) is 1. The quantitative estimate of drug-likeness (QED) is 0.906. The van der Waals surface area contributed by atoms with Gasteiger partial charge in [0.2, 0.25) is 0 Å². The predicted molar refractivity (Wildman–Crippen MR) is 72.0 cm³/mol. The van der Waals surface area contributed by atoms with Gasteiger partial charge in [-0.15, -0.1) is 0 Å². The smallest absolute Gasteiger partial charge is 0.354 e. The van der Waals surface area contributed by atoms with Gasteiger partial charge in [0, 0.05) is 0 Å². The van der Waals surface area contributed by atoms with Crippen LogP contribution in [0.3, 0.4) is 0 Å². The molecule has 1 N–H and O–H groups in total. The number of aromatic nitrogens is 1. The maximum absolute atomic E-state index is 10.8. The highest BCUT2D eigenvalue weighted by atomic mass is 16.5. The summed E-state index contributed by atoms with van der Waals surface area (Å²) >= 11 is 0. The number of carboxylic acids is 1. The van der Waals surface area contributed by atoms with Crippen LogP contribution in [0, 0.1) is 11.8 Å². The van der Waals surface area contributed by atoms with E-state index in [2.05, 4.69) is 18.8 Å². The number of aromatic carboxylic acids is 1. The van der Waals surface area contributed by atoms with Gasteiger partial charge < -0.3 is 9.84 Å². The molecule has 19 heavy (non-hydrogen) atoms. The maximum atomic E-state index is 10.8. The Balaban J connectivity index is 1.88. The maximum Gasteiger partial charge on any atom is 0.354 e. The highest BCUT2D eigenvalue weighted by Gasteiger charge is 2.25. The molecule has 1 saturated carbocycles. The average Bonchev–Trinajstić information content (AvgIpc) is 2.40. The molecule has 3 atom stereocenters. The molecule has 2 rings (SSSR count). The van der Waals surface area contributed by atoms with Crippen molar-refractivity contribution in [1.29, 1.82) is 0 Å². The first kappa shape index (κ1) is 14.0. The van der Waals surface area contributed by atoms with Crippen LogP contribution in [0.4, 0.5) is 0 Å². The van der Waals surface area contributed by atoms with E-state index in [0.717, 1.165) is 18.8 Å². The molecule has 1 heterocycles. The van der Waals surface area contributed by atoms with E-state index < -0.39 is 5.97 Å². The Morgan fingerprint density at radius 3 is 2.84 bits per heavy atom. The summed E-state index contributed by atoms with van der Waals surface area (Å²) in [5.74, 6) is 0.465. The van der Waals surface area contributed by atoms with Crippen molar-refractivity contribution in [2.75, 3.05) is 0 Å². The first-order valence-electron chi connectivity index (χ1n) is 6.87. The molecule has 0 saturated heterocycles. The van der Waals surface area contributed by atoms with Gasteiger partial charge in [0.25, 0.3) is 0 Å². The zero-order chi connectivity index (χ0) is 13.8. The third-order valence-corrected chi connectivity index (χ3v) is 4.04. The van der Waals surface area contributed by atoms with Crippen molar-refractivity contribution in [2.45, 2.75) is 45.8 Å². The summed E-state index contributed by atoms with van der Waals surface area (Å²) in [6.45, 7) is 4.95.